The van der Waals surface area contributed by atoms with Crippen LogP contribution in [0.1, 0.15) is 12.0 Å². The highest BCUT2D eigenvalue weighted by molar-refractivity contribution is 14.1. The topological polar surface area (TPSA) is 8.81 Å². The van der Waals surface area contributed by atoms with Gasteiger partial charge in [0.2, 0.25) is 6.33 Å². The molecule has 2 nitrogen and oxygen atoms in total. The first-order chi connectivity index (χ1) is 17.2. The van der Waals surface area contributed by atoms with Crippen LogP contribution >= 0.6 is 29.9 Å². The van der Waals surface area contributed by atoms with Crippen LogP contribution in [-0.4, -0.2) is 10.7 Å². The van der Waals surface area contributed by atoms with E-state index in [-0.39, 0.29) is 0 Å². The number of imidazole rings is 1. The van der Waals surface area contributed by atoms with Crippen molar-refractivity contribution in [3.05, 3.63) is 143 Å². The van der Waals surface area contributed by atoms with Crippen molar-refractivity contribution >= 4 is 45.8 Å². The molecule has 4 aromatic carbocycles. The first kappa shape index (κ1) is 24.0. The number of aryl methyl sites for hydroxylation is 1. The lowest BCUT2D eigenvalue weighted by Crippen LogP contribution is -2.34. The van der Waals surface area contributed by atoms with E-state index in [1.807, 2.05) is 0 Å². The summed E-state index contributed by atoms with van der Waals surface area (Å²) in [6.07, 6.45) is 8.89. The van der Waals surface area contributed by atoms with Gasteiger partial charge in [0.15, 0.2) is 0 Å². The summed E-state index contributed by atoms with van der Waals surface area (Å²) in [7, 11) is -1.76. The first-order valence-electron chi connectivity index (χ1n) is 12.1. The van der Waals surface area contributed by atoms with Crippen molar-refractivity contribution in [2.24, 2.45) is 0 Å². The summed E-state index contributed by atoms with van der Waals surface area (Å²) in [5, 5.41) is 4.37. The molecule has 0 bridgehead atoms. The summed E-state index contributed by atoms with van der Waals surface area (Å²) in [4.78, 5) is 0. The van der Waals surface area contributed by atoms with Gasteiger partial charge in [-0.05, 0) is 76.7 Å². The number of benzene rings is 4. The van der Waals surface area contributed by atoms with Crippen LogP contribution in [-0.2, 0) is 13.1 Å². The second kappa shape index (κ2) is 11.3. The largest absolute Gasteiger partial charge is 0.244 e. The van der Waals surface area contributed by atoms with Crippen molar-refractivity contribution in [2.45, 2.75) is 19.5 Å². The maximum Gasteiger partial charge on any atom is 0.244 e. The van der Waals surface area contributed by atoms with Crippen molar-refractivity contribution in [1.29, 1.82) is 0 Å². The van der Waals surface area contributed by atoms with Gasteiger partial charge < -0.3 is 0 Å². The number of hydrogen-bond donors (Lipinski definition) is 0. The molecule has 0 unspecified atom stereocenters. The summed E-state index contributed by atoms with van der Waals surface area (Å²) < 4.78 is 5.88. The molecular formula is C31H30IN2P+2. The minimum Gasteiger partial charge on any atom is -0.237 e. The molecule has 0 atom stereocenters. The molecule has 35 heavy (non-hydrogen) atoms. The van der Waals surface area contributed by atoms with Crippen LogP contribution in [0.15, 0.2) is 134 Å². The predicted octanol–water partition coefficient (Wildman–Crippen LogP) is 5.81. The molecule has 174 valence electrons. The highest BCUT2D eigenvalue weighted by Gasteiger charge is 2.44. The van der Waals surface area contributed by atoms with E-state index in [4.69, 9.17) is 0 Å². The number of hydrogen-bond acceptors (Lipinski definition) is 0. The Balaban J connectivity index is 1.40. The van der Waals surface area contributed by atoms with E-state index in [1.165, 1.54) is 25.0 Å². The smallest absolute Gasteiger partial charge is 0.237 e. The summed E-state index contributed by atoms with van der Waals surface area (Å²) >= 11 is 2.36. The second-order valence-corrected chi connectivity index (χ2v) is 13.7. The van der Waals surface area contributed by atoms with E-state index in [0.29, 0.717) is 0 Å². The minimum absolute atomic E-state index is 0.902. The Morgan fingerprint density at radius 2 is 1.17 bits per heavy atom. The molecule has 0 aliphatic heterocycles. The van der Waals surface area contributed by atoms with Gasteiger partial charge in [-0.2, -0.15) is 0 Å². The lowest BCUT2D eigenvalue weighted by molar-refractivity contribution is -0.687. The minimum atomic E-state index is -1.76. The van der Waals surface area contributed by atoms with Gasteiger partial charge in [0, 0.05) is 9.99 Å². The standard InChI is InChI=1S/C31H30IN2P/c32-28-19-17-27(18-20-28)25-34-23-22-33(26-34)21-10-24-35(29-11-4-1-5-12-29,30-13-6-2-7-14-30)31-15-8-3-9-16-31/h1-9,11-20,22-23,26H,10,21,24-25H2/q+2. The van der Waals surface area contributed by atoms with Crippen LogP contribution in [0.2, 0.25) is 0 Å². The zero-order chi connectivity index (χ0) is 23.9. The highest BCUT2D eigenvalue weighted by Crippen LogP contribution is 2.55. The fraction of sp³-hybridized carbons (Fsp3) is 0.129. The van der Waals surface area contributed by atoms with Gasteiger partial charge in [-0.3, -0.25) is 0 Å². The van der Waals surface area contributed by atoms with E-state index in [1.54, 1.807) is 0 Å². The van der Waals surface area contributed by atoms with Gasteiger partial charge in [0.25, 0.3) is 0 Å². The maximum absolute atomic E-state index is 2.36. The third-order valence-electron chi connectivity index (χ3n) is 6.53. The SMILES string of the molecule is Ic1ccc(C[n+]2ccn(CCC[P+](c3ccccc3)(c3ccccc3)c3ccccc3)c2)cc1. The predicted molar refractivity (Wildman–Crippen MR) is 158 cm³/mol. The molecule has 0 amide bonds. The van der Waals surface area contributed by atoms with Crippen molar-refractivity contribution in [3.63, 3.8) is 0 Å². The lowest BCUT2D eigenvalue weighted by atomic mass is 10.2. The zero-order valence-corrected chi connectivity index (χ0v) is 22.8. The molecule has 0 aliphatic carbocycles. The van der Waals surface area contributed by atoms with Crippen LogP contribution < -0.4 is 20.5 Å². The molecule has 1 aromatic heterocycles. The van der Waals surface area contributed by atoms with E-state index >= 15 is 0 Å². The first-order valence-corrected chi connectivity index (χ1v) is 15.1. The molecule has 4 heteroatoms. The Labute approximate surface area is 222 Å². The third-order valence-corrected chi connectivity index (χ3v) is 11.8. The Morgan fingerprint density at radius 3 is 1.69 bits per heavy atom. The number of halogens is 1. The Kier molecular flexibility index (Phi) is 7.75. The second-order valence-electron chi connectivity index (χ2n) is 8.84. The Bertz CT molecular complexity index is 1240. The Hall–Kier alpha value is -2.75. The lowest BCUT2D eigenvalue weighted by Gasteiger charge is -2.27. The number of nitrogens with zero attached hydrogens (tertiary/aromatic N) is 2. The molecule has 5 rings (SSSR count). The van der Waals surface area contributed by atoms with E-state index in [2.05, 4.69) is 166 Å². The van der Waals surface area contributed by atoms with Gasteiger partial charge in [0.1, 0.15) is 42.1 Å². The third kappa shape index (κ3) is 5.58. The van der Waals surface area contributed by atoms with Crippen LogP contribution in [0.3, 0.4) is 0 Å². The summed E-state index contributed by atoms with van der Waals surface area (Å²) in [6.45, 7) is 1.91. The summed E-state index contributed by atoms with van der Waals surface area (Å²) in [5.74, 6) is 0. The summed E-state index contributed by atoms with van der Waals surface area (Å²) in [6, 6.07) is 42.3. The fourth-order valence-corrected chi connectivity index (χ4v) is 9.53. The van der Waals surface area contributed by atoms with Crippen molar-refractivity contribution in [2.75, 3.05) is 6.16 Å². The molecule has 0 saturated heterocycles. The number of rotatable bonds is 9. The van der Waals surface area contributed by atoms with Crippen LogP contribution in [0, 0.1) is 3.57 Å². The van der Waals surface area contributed by atoms with Crippen LogP contribution in [0.5, 0.6) is 0 Å². The van der Waals surface area contributed by atoms with E-state index in [9.17, 15) is 0 Å². The molecule has 0 fully saturated rings. The molecule has 0 spiro atoms. The fourth-order valence-electron chi connectivity index (χ4n) is 4.84. The molecule has 0 aliphatic rings. The molecule has 5 aromatic rings. The zero-order valence-electron chi connectivity index (χ0n) is 19.7. The van der Waals surface area contributed by atoms with E-state index < -0.39 is 7.26 Å². The average Bonchev–Trinajstić information content (AvgIpc) is 3.36. The molecule has 0 radical (unpaired) electrons. The van der Waals surface area contributed by atoms with E-state index in [0.717, 1.165) is 25.7 Å². The highest BCUT2D eigenvalue weighted by atomic mass is 127. The van der Waals surface area contributed by atoms with Gasteiger partial charge in [-0.1, -0.05) is 66.7 Å². The molecular weight excluding hydrogens is 558 g/mol. The van der Waals surface area contributed by atoms with Crippen LogP contribution in [0.4, 0.5) is 0 Å². The van der Waals surface area contributed by atoms with Crippen LogP contribution in [0.25, 0.3) is 0 Å². The van der Waals surface area contributed by atoms with Gasteiger partial charge >= 0.3 is 0 Å². The van der Waals surface area contributed by atoms with Crippen molar-refractivity contribution in [1.82, 2.24) is 4.57 Å². The molecule has 0 N–H and O–H groups in total. The van der Waals surface area contributed by atoms with Gasteiger partial charge in [-0.25, -0.2) is 9.13 Å². The molecule has 0 saturated carbocycles. The quantitative estimate of drug-likeness (QED) is 0.117. The van der Waals surface area contributed by atoms with Gasteiger partial charge in [0.05, 0.1) is 12.7 Å². The number of aromatic nitrogens is 2. The maximum atomic E-state index is 2.36. The summed E-state index contributed by atoms with van der Waals surface area (Å²) in [5.41, 5.74) is 1.33. The Morgan fingerprint density at radius 1 is 0.657 bits per heavy atom. The monoisotopic (exact) mass is 588 g/mol. The molecule has 1 heterocycles. The van der Waals surface area contributed by atoms with Crippen molar-refractivity contribution in [3.8, 4) is 0 Å². The normalized spacial score (nSPS) is 11.5. The average molecular weight is 588 g/mol. The van der Waals surface area contributed by atoms with Crippen molar-refractivity contribution < 1.29 is 4.57 Å². The van der Waals surface area contributed by atoms with Gasteiger partial charge in [-0.15, -0.1) is 0 Å².